The van der Waals surface area contributed by atoms with Gasteiger partial charge in [-0.05, 0) is 35.3 Å². The number of nitrogens with zero attached hydrogens (tertiary/aromatic N) is 3. The first-order chi connectivity index (χ1) is 14.2. The Morgan fingerprint density at radius 2 is 1.52 bits per heavy atom. The van der Waals surface area contributed by atoms with Crippen LogP contribution in [-0.4, -0.2) is 14.6 Å². The summed E-state index contributed by atoms with van der Waals surface area (Å²) in [5.41, 5.74) is 5.21. The van der Waals surface area contributed by atoms with Gasteiger partial charge in [-0.2, -0.15) is 0 Å². The van der Waals surface area contributed by atoms with E-state index >= 15 is 0 Å². The smallest absolute Gasteiger partial charge is 0.267 e. The van der Waals surface area contributed by atoms with E-state index in [-0.39, 0.29) is 5.56 Å². The Balaban J connectivity index is 1.58. The number of aromatic nitrogens is 3. The molecule has 0 aliphatic heterocycles. The molecule has 0 spiro atoms. The molecule has 0 radical (unpaired) electrons. The number of hydrogen-bond acceptors (Lipinski definition) is 4. The van der Waals surface area contributed by atoms with E-state index in [1.54, 1.807) is 4.40 Å². The molecule has 0 bridgehead atoms. The molecule has 0 aliphatic carbocycles. The molecule has 0 saturated heterocycles. The van der Waals surface area contributed by atoms with Crippen LogP contribution >= 0.6 is 11.3 Å². The first-order valence-electron chi connectivity index (χ1n) is 9.32. The van der Waals surface area contributed by atoms with Crippen molar-refractivity contribution < 1.29 is 0 Å². The van der Waals surface area contributed by atoms with Crippen molar-refractivity contribution in [2.24, 2.45) is 0 Å². The van der Waals surface area contributed by atoms with Crippen molar-refractivity contribution in [1.29, 1.82) is 0 Å². The normalized spacial score (nSPS) is 12.0. The minimum atomic E-state index is -0.0830. The van der Waals surface area contributed by atoms with Gasteiger partial charge >= 0.3 is 0 Å². The third kappa shape index (κ3) is 3.15. The van der Waals surface area contributed by atoms with Gasteiger partial charge in [0.1, 0.15) is 0 Å². The van der Waals surface area contributed by atoms with Gasteiger partial charge in [-0.15, -0.1) is 10.2 Å². The van der Waals surface area contributed by atoms with Gasteiger partial charge in [0, 0.05) is 5.56 Å². The van der Waals surface area contributed by atoms with E-state index in [4.69, 9.17) is 0 Å². The van der Waals surface area contributed by atoms with Gasteiger partial charge in [0.05, 0.1) is 4.53 Å². The van der Waals surface area contributed by atoms with Crippen LogP contribution in [0.3, 0.4) is 0 Å². The molecule has 29 heavy (non-hydrogen) atoms. The Morgan fingerprint density at radius 3 is 2.28 bits per heavy atom. The van der Waals surface area contributed by atoms with Crippen molar-refractivity contribution in [3.05, 3.63) is 105 Å². The monoisotopic (exact) mass is 395 g/mol. The van der Waals surface area contributed by atoms with E-state index in [0.717, 1.165) is 22.3 Å². The van der Waals surface area contributed by atoms with E-state index < -0.39 is 0 Å². The summed E-state index contributed by atoms with van der Waals surface area (Å²) in [6.07, 6.45) is 1.91. The summed E-state index contributed by atoms with van der Waals surface area (Å²) in [7, 11) is 0. The molecular formula is C24H17N3OS. The predicted octanol–water partition coefficient (Wildman–Crippen LogP) is 4.34. The topological polar surface area (TPSA) is 47.3 Å². The Bertz CT molecular complexity index is 1420. The van der Waals surface area contributed by atoms with E-state index in [1.807, 2.05) is 67.6 Å². The number of thiazole rings is 1. The zero-order chi connectivity index (χ0) is 19.8. The highest BCUT2D eigenvalue weighted by Gasteiger charge is 2.15. The van der Waals surface area contributed by atoms with Crippen LogP contribution in [0.15, 0.2) is 83.7 Å². The van der Waals surface area contributed by atoms with E-state index in [2.05, 4.69) is 34.5 Å². The average molecular weight is 395 g/mol. The molecule has 0 fully saturated rings. The fourth-order valence-corrected chi connectivity index (χ4v) is 4.33. The summed E-state index contributed by atoms with van der Waals surface area (Å²) in [6, 6.07) is 26.3. The maximum atomic E-state index is 13.0. The van der Waals surface area contributed by atoms with Crippen LogP contribution in [0.4, 0.5) is 0 Å². The third-order valence-electron chi connectivity index (χ3n) is 4.95. The molecule has 0 unspecified atom stereocenters. The maximum Gasteiger partial charge on any atom is 0.276 e. The third-order valence-corrected chi connectivity index (χ3v) is 5.91. The highest BCUT2D eigenvalue weighted by Crippen LogP contribution is 2.22. The summed E-state index contributed by atoms with van der Waals surface area (Å²) in [5.74, 6) is 0.596. The quantitative estimate of drug-likeness (QED) is 0.457. The molecule has 3 aromatic carbocycles. The van der Waals surface area contributed by atoms with Crippen molar-refractivity contribution >= 4 is 22.4 Å². The zero-order valence-corrected chi connectivity index (χ0v) is 16.6. The van der Waals surface area contributed by atoms with Gasteiger partial charge < -0.3 is 0 Å². The lowest BCUT2D eigenvalue weighted by Crippen LogP contribution is -2.23. The second kappa shape index (κ2) is 7.11. The summed E-state index contributed by atoms with van der Waals surface area (Å²) in [5, 5.41) is 8.47. The summed E-state index contributed by atoms with van der Waals surface area (Å²) < 4.78 is 2.26. The van der Waals surface area contributed by atoms with Gasteiger partial charge in [0.25, 0.3) is 5.56 Å². The lowest BCUT2D eigenvalue weighted by Gasteiger charge is -2.01. The van der Waals surface area contributed by atoms with Crippen LogP contribution < -0.4 is 10.1 Å². The average Bonchev–Trinajstić information content (AvgIpc) is 3.30. The molecule has 2 aromatic heterocycles. The lowest BCUT2D eigenvalue weighted by atomic mass is 10.0. The Morgan fingerprint density at radius 1 is 0.828 bits per heavy atom. The predicted molar refractivity (Wildman–Crippen MR) is 118 cm³/mol. The fourth-order valence-electron chi connectivity index (χ4n) is 3.41. The Kier molecular flexibility index (Phi) is 4.30. The van der Waals surface area contributed by atoms with E-state index in [9.17, 15) is 4.79 Å². The first-order valence-corrected chi connectivity index (χ1v) is 10.1. The minimum absolute atomic E-state index is 0.0830. The molecule has 5 heteroatoms. The SMILES string of the molecule is Cc1ccccc1-c1nnc2s/c(=C\c3ccc(-c4ccccc4)cc3)c(=O)n12. The van der Waals surface area contributed by atoms with Crippen LogP contribution in [0.5, 0.6) is 0 Å². The molecular weight excluding hydrogens is 378 g/mol. The lowest BCUT2D eigenvalue weighted by molar-refractivity contribution is 1.09. The molecule has 2 heterocycles. The number of rotatable bonds is 3. The van der Waals surface area contributed by atoms with Crippen molar-refractivity contribution in [3.8, 4) is 22.5 Å². The summed E-state index contributed by atoms with van der Waals surface area (Å²) in [4.78, 5) is 13.7. The van der Waals surface area contributed by atoms with Gasteiger partial charge in [0.15, 0.2) is 5.82 Å². The number of aryl methyl sites for hydroxylation is 1. The molecule has 0 amide bonds. The van der Waals surface area contributed by atoms with Gasteiger partial charge in [-0.3, -0.25) is 4.79 Å². The van der Waals surface area contributed by atoms with Crippen molar-refractivity contribution in [2.75, 3.05) is 0 Å². The van der Waals surface area contributed by atoms with Crippen LogP contribution in [-0.2, 0) is 0 Å². The number of benzene rings is 3. The summed E-state index contributed by atoms with van der Waals surface area (Å²) in [6.45, 7) is 2.01. The van der Waals surface area contributed by atoms with E-state index in [0.29, 0.717) is 15.3 Å². The minimum Gasteiger partial charge on any atom is -0.267 e. The van der Waals surface area contributed by atoms with E-state index in [1.165, 1.54) is 16.9 Å². The van der Waals surface area contributed by atoms with Crippen LogP contribution in [0.2, 0.25) is 0 Å². The molecule has 4 nitrogen and oxygen atoms in total. The summed E-state index contributed by atoms with van der Waals surface area (Å²) >= 11 is 1.36. The molecule has 140 valence electrons. The largest absolute Gasteiger partial charge is 0.276 e. The van der Waals surface area contributed by atoms with Crippen molar-refractivity contribution in [1.82, 2.24) is 14.6 Å². The second-order valence-corrected chi connectivity index (χ2v) is 7.87. The van der Waals surface area contributed by atoms with Crippen LogP contribution in [0.1, 0.15) is 11.1 Å². The molecule has 0 N–H and O–H groups in total. The Hall–Kier alpha value is -3.57. The standard InChI is InChI=1S/C24H17N3OS/c1-16-7-5-6-10-20(16)22-25-26-24-27(22)23(28)21(29-24)15-17-11-13-19(14-12-17)18-8-3-2-4-9-18/h2-15H,1H3/b21-15-. The van der Waals surface area contributed by atoms with Crippen molar-refractivity contribution in [3.63, 3.8) is 0 Å². The number of hydrogen-bond donors (Lipinski definition) is 0. The van der Waals surface area contributed by atoms with Crippen molar-refractivity contribution in [2.45, 2.75) is 6.92 Å². The van der Waals surface area contributed by atoms with Crippen LogP contribution in [0, 0.1) is 6.92 Å². The Labute approximate surface area is 171 Å². The first kappa shape index (κ1) is 17.5. The molecule has 0 atom stereocenters. The van der Waals surface area contributed by atoms with Crippen LogP contribution in [0.25, 0.3) is 33.6 Å². The van der Waals surface area contributed by atoms with Gasteiger partial charge in [0.2, 0.25) is 4.96 Å². The molecule has 0 saturated carbocycles. The van der Waals surface area contributed by atoms with Gasteiger partial charge in [-0.25, -0.2) is 4.40 Å². The second-order valence-electron chi connectivity index (χ2n) is 6.86. The fraction of sp³-hybridized carbons (Fsp3) is 0.0417. The zero-order valence-electron chi connectivity index (χ0n) is 15.7. The number of fused-ring (bicyclic) bond motifs is 1. The molecule has 0 aliphatic rings. The van der Waals surface area contributed by atoms with Gasteiger partial charge in [-0.1, -0.05) is 90.2 Å². The molecule has 5 aromatic rings. The molecule has 5 rings (SSSR count). The maximum absolute atomic E-state index is 13.0. The highest BCUT2D eigenvalue weighted by atomic mass is 32.1. The highest BCUT2D eigenvalue weighted by molar-refractivity contribution is 7.15.